The summed E-state index contributed by atoms with van der Waals surface area (Å²) >= 11 is 0. The predicted octanol–water partition coefficient (Wildman–Crippen LogP) is 2.45. The normalized spacial score (nSPS) is 25.1. The summed E-state index contributed by atoms with van der Waals surface area (Å²) < 4.78 is 5.71. The van der Waals surface area contributed by atoms with Gasteiger partial charge in [0, 0.05) is 37.3 Å². The third-order valence-electron chi connectivity index (χ3n) is 4.83. The smallest absolute Gasteiger partial charge is 0.122 e. The van der Waals surface area contributed by atoms with E-state index < -0.39 is 0 Å². The van der Waals surface area contributed by atoms with Gasteiger partial charge in [0.15, 0.2) is 0 Å². The summed E-state index contributed by atoms with van der Waals surface area (Å²) in [6, 6.07) is 3.56. The molecule has 4 nitrogen and oxygen atoms in total. The zero-order chi connectivity index (χ0) is 14.7. The zero-order valence-corrected chi connectivity index (χ0v) is 13.5. The van der Waals surface area contributed by atoms with Crippen LogP contribution in [0.3, 0.4) is 0 Å². The van der Waals surface area contributed by atoms with Crippen molar-refractivity contribution in [1.29, 1.82) is 0 Å². The highest BCUT2D eigenvalue weighted by atomic mass is 16.3. The maximum Gasteiger partial charge on any atom is 0.122 e. The van der Waals surface area contributed by atoms with Crippen LogP contribution in [0.4, 0.5) is 0 Å². The molecule has 1 aromatic rings. The van der Waals surface area contributed by atoms with Gasteiger partial charge < -0.3 is 14.6 Å². The van der Waals surface area contributed by atoms with E-state index in [9.17, 15) is 0 Å². The van der Waals surface area contributed by atoms with E-state index in [1.807, 2.05) is 6.26 Å². The highest BCUT2D eigenvalue weighted by molar-refractivity contribution is 5.17. The minimum atomic E-state index is 0.664. The third-order valence-corrected chi connectivity index (χ3v) is 4.83. The fraction of sp³-hybridized carbons (Fsp3) is 0.765. The van der Waals surface area contributed by atoms with Crippen LogP contribution in [0.2, 0.25) is 0 Å². The van der Waals surface area contributed by atoms with Gasteiger partial charge >= 0.3 is 0 Å². The van der Waals surface area contributed by atoms with Crippen molar-refractivity contribution in [1.82, 2.24) is 15.1 Å². The third kappa shape index (κ3) is 4.09. The fourth-order valence-electron chi connectivity index (χ4n) is 3.29. The van der Waals surface area contributed by atoms with Crippen LogP contribution < -0.4 is 5.32 Å². The summed E-state index contributed by atoms with van der Waals surface area (Å²) in [6.07, 6.45) is 6.99. The fourth-order valence-corrected chi connectivity index (χ4v) is 3.29. The van der Waals surface area contributed by atoms with Crippen LogP contribution in [0.5, 0.6) is 0 Å². The highest BCUT2D eigenvalue weighted by Crippen LogP contribution is 2.22. The van der Waals surface area contributed by atoms with E-state index in [2.05, 4.69) is 35.2 Å². The van der Waals surface area contributed by atoms with Crippen LogP contribution in [0.15, 0.2) is 16.7 Å². The molecular weight excluding hydrogens is 262 g/mol. The molecule has 1 unspecified atom stereocenters. The molecule has 1 aromatic heterocycles. The Morgan fingerprint density at radius 2 is 2.19 bits per heavy atom. The molecule has 1 atom stereocenters. The lowest BCUT2D eigenvalue weighted by molar-refractivity contribution is 0.175. The standard InChI is InChI=1S/C17H29N3O/c1-3-16-13-19(2)8-4-9-20(16)12-14-7-10-21-17(14)11-18-15-5-6-15/h7,10,15-16,18H,3-6,8-9,11-13H2,1-2H3. The first-order valence-corrected chi connectivity index (χ1v) is 8.47. The van der Waals surface area contributed by atoms with Crippen molar-refractivity contribution in [3.05, 3.63) is 23.7 Å². The number of hydrogen-bond donors (Lipinski definition) is 1. The van der Waals surface area contributed by atoms with Gasteiger partial charge in [0.25, 0.3) is 0 Å². The van der Waals surface area contributed by atoms with E-state index >= 15 is 0 Å². The van der Waals surface area contributed by atoms with Gasteiger partial charge in [-0.15, -0.1) is 0 Å². The van der Waals surface area contributed by atoms with Crippen LogP contribution in [0.25, 0.3) is 0 Å². The summed E-state index contributed by atoms with van der Waals surface area (Å²) in [7, 11) is 2.25. The second-order valence-corrected chi connectivity index (χ2v) is 6.67. The molecule has 1 saturated carbocycles. The Balaban J connectivity index is 1.62. The van der Waals surface area contributed by atoms with Crippen molar-refractivity contribution in [3.63, 3.8) is 0 Å². The molecule has 3 rings (SSSR count). The molecule has 2 aliphatic rings. The molecule has 0 bridgehead atoms. The number of nitrogens with one attached hydrogen (secondary N) is 1. The van der Waals surface area contributed by atoms with Gasteiger partial charge in [0.05, 0.1) is 12.8 Å². The van der Waals surface area contributed by atoms with Crippen molar-refractivity contribution in [2.75, 3.05) is 26.7 Å². The molecule has 1 aliphatic carbocycles. The minimum absolute atomic E-state index is 0.664. The lowest BCUT2D eigenvalue weighted by Gasteiger charge is -2.30. The van der Waals surface area contributed by atoms with E-state index in [0.717, 1.165) is 24.9 Å². The highest BCUT2D eigenvalue weighted by Gasteiger charge is 2.24. The summed E-state index contributed by atoms with van der Waals surface area (Å²) in [5.41, 5.74) is 1.37. The molecule has 118 valence electrons. The Bertz CT molecular complexity index is 441. The van der Waals surface area contributed by atoms with Crippen LogP contribution in [0, 0.1) is 0 Å². The first-order valence-electron chi connectivity index (χ1n) is 8.47. The molecule has 1 N–H and O–H groups in total. The maximum absolute atomic E-state index is 5.71. The van der Waals surface area contributed by atoms with Gasteiger partial charge in [-0.05, 0) is 45.3 Å². The molecule has 21 heavy (non-hydrogen) atoms. The van der Waals surface area contributed by atoms with Gasteiger partial charge in [-0.25, -0.2) is 0 Å². The van der Waals surface area contributed by atoms with Crippen LogP contribution in [-0.4, -0.2) is 48.6 Å². The second kappa shape index (κ2) is 6.95. The van der Waals surface area contributed by atoms with Gasteiger partial charge in [0.1, 0.15) is 5.76 Å². The van der Waals surface area contributed by atoms with Gasteiger partial charge in [-0.3, -0.25) is 4.90 Å². The number of hydrogen-bond acceptors (Lipinski definition) is 4. The molecule has 0 aromatic carbocycles. The average Bonchev–Trinajstić information content (AvgIpc) is 3.23. The van der Waals surface area contributed by atoms with Crippen molar-refractivity contribution in [2.24, 2.45) is 0 Å². The summed E-state index contributed by atoms with van der Waals surface area (Å²) in [6.45, 7) is 7.83. The monoisotopic (exact) mass is 291 g/mol. The largest absolute Gasteiger partial charge is 0.468 e. The molecular formula is C17H29N3O. The van der Waals surface area contributed by atoms with Crippen LogP contribution >= 0.6 is 0 Å². The minimum Gasteiger partial charge on any atom is -0.468 e. The number of rotatable bonds is 6. The molecule has 0 spiro atoms. The lowest BCUT2D eigenvalue weighted by Crippen LogP contribution is -2.39. The Hall–Kier alpha value is -0.840. The lowest BCUT2D eigenvalue weighted by atomic mass is 10.1. The van der Waals surface area contributed by atoms with Crippen molar-refractivity contribution in [3.8, 4) is 0 Å². The Kier molecular flexibility index (Phi) is 4.99. The SMILES string of the molecule is CCC1CN(C)CCCN1Cc1ccoc1CNC1CC1. The second-order valence-electron chi connectivity index (χ2n) is 6.67. The van der Waals surface area contributed by atoms with Crippen LogP contribution in [0.1, 0.15) is 43.9 Å². The topological polar surface area (TPSA) is 31.6 Å². The molecule has 0 amide bonds. The molecule has 0 radical (unpaired) electrons. The van der Waals surface area contributed by atoms with Crippen molar-refractivity contribution in [2.45, 2.75) is 57.8 Å². The van der Waals surface area contributed by atoms with E-state index in [1.165, 1.54) is 50.9 Å². The van der Waals surface area contributed by atoms with Gasteiger partial charge in [-0.2, -0.15) is 0 Å². The molecule has 4 heteroatoms. The Morgan fingerprint density at radius 1 is 1.33 bits per heavy atom. The first kappa shape index (κ1) is 15.1. The van der Waals surface area contributed by atoms with Crippen molar-refractivity contribution >= 4 is 0 Å². The number of furan rings is 1. The molecule has 2 heterocycles. The summed E-state index contributed by atoms with van der Waals surface area (Å²) in [5.74, 6) is 1.13. The maximum atomic E-state index is 5.71. The van der Waals surface area contributed by atoms with Crippen molar-refractivity contribution < 1.29 is 4.42 Å². The Morgan fingerprint density at radius 3 is 2.95 bits per heavy atom. The summed E-state index contributed by atoms with van der Waals surface area (Å²) in [5, 5.41) is 3.56. The van der Waals surface area contributed by atoms with E-state index in [-0.39, 0.29) is 0 Å². The molecule has 1 aliphatic heterocycles. The quantitative estimate of drug-likeness (QED) is 0.872. The zero-order valence-electron chi connectivity index (χ0n) is 13.5. The number of likely N-dealkylation sites (N-methyl/N-ethyl adjacent to an activating group) is 1. The summed E-state index contributed by atoms with van der Waals surface area (Å²) in [4.78, 5) is 5.12. The number of nitrogens with zero attached hydrogens (tertiary/aromatic N) is 2. The van der Waals surface area contributed by atoms with E-state index in [1.54, 1.807) is 0 Å². The van der Waals surface area contributed by atoms with E-state index in [4.69, 9.17) is 4.42 Å². The van der Waals surface area contributed by atoms with Gasteiger partial charge in [-0.1, -0.05) is 6.92 Å². The Labute approximate surface area is 128 Å². The van der Waals surface area contributed by atoms with Crippen LogP contribution in [-0.2, 0) is 13.1 Å². The molecule has 1 saturated heterocycles. The first-order chi connectivity index (χ1) is 10.3. The average molecular weight is 291 g/mol. The van der Waals surface area contributed by atoms with E-state index in [0.29, 0.717) is 6.04 Å². The molecule has 2 fully saturated rings. The van der Waals surface area contributed by atoms with Gasteiger partial charge in [0.2, 0.25) is 0 Å². The predicted molar refractivity (Wildman–Crippen MR) is 85.2 cm³/mol.